The van der Waals surface area contributed by atoms with Gasteiger partial charge in [-0.1, -0.05) is 35.2 Å². The van der Waals surface area contributed by atoms with Crippen LogP contribution >= 0.6 is 15.9 Å². The van der Waals surface area contributed by atoms with Crippen molar-refractivity contribution in [1.82, 2.24) is 0 Å². The SMILES string of the molecule is N[C@@H](c1c(F)cc(Br)cc1F)C1CCCCC1. The molecular formula is C13H16BrF2N. The van der Waals surface area contributed by atoms with Gasteiger partial charge < -0.3 is 5.73 Å². The predicted octanol–water partition coefficient (Wildman–Crippen LogP) is 4.31. The molecule has 94 valence electrons. The fourth-order valence-electron chi connectivity index (χ4n) is 2.60. The van der Waals surface area contributed by atoms with Gasteiger partial charge in [-0.05, 0) is 30.9 Å². The van der Waals surface area contributed by atoms with Crippen LogP contribution in [0.3, 0.4) is 0 Å². The van der Waals surface area contributed by atoms with Crippen LogP contribution in [-0.2, 0) is 0 Å². The zero-order chi connectivity index (χ0) is 12.4. The van der Waals surface area contributed by atoms with Crippen LogP contribution in [0.5, 0.6) is 0 Å². The standard InChI is InChI=1S/C13H16BrF2N/c14-9-6-10(15)12(11(16)7-9)13(17)8-4-2-1-3-5-8/h6-8,13H,1-5,17H2/t13-/m1/s1. The summed E-state index contributed by atoms with van der Waals surface area (Å²) in [4.78, 5) is 0. The third-order valence-corrected chi connectivity index (χ3v) is 3.99. The molecular weight excluding hydrogens is 288 g/mol. The Morgan fingerprint density at radius 3 is 2.18 bits per heavy atom. The van der Waals surface area contributed by atoms with Gasteiger partial charge >= 0.3 is 0 Å². The summed E-state index contributed by atoms with van der Waals surface area (Å²) in [7, 11) is 0. The lowest BCUT2D eigenvalue weighted by atomic mass is 9.81. The highest BCUT2D eigenvalue weighted by Gasteiger charge is 2.26. The van der Waals surface area contributed by atoms with Gasteiger partial charge in [0.25, 0.3) is 0 Å². The molecule has 0 radical (unpaired) electrons. The Kier molecular flexibility index (Phi) is 4.15. The van der Waals surface area contributed by atoms with Crippen LogP contribution in [0.4, 0.5) is 8.78 Å². The van der Waals surface area contributed by atoms with E-state index in [1.54, 1.807) is 0 Å². The summed E-state index contributed by atoms with van der Waals surface area (Å²) >= 11 is 3.07. The maximum Gasteiger partial charge on any atom is 0.132 e. The van der Waals surface area contributed by atoms with Crippen molar-refractivity contribution in [3.05, 3.63) is 33.8 Å². The van der Waals surface area contributed by atoms with E-state index in [-0.39, 0.29) is 11.5 Å². The van der Waals surface area contributed by atoms with E-state index in [0.29, 0.717) is 4.47 Å². The molecule has 1 saturated carbocycles. The molecule has 0 amide bonds. The molecule has 1 aromatic rings. The summed E-state index contributed by atoms with van der Waals surface area (Å²) in [6.07, 6.45) is 5.36. The van der Waals surface area contributed by atoms with Crippen molar-refractivity contribution in [2.75, 3.05) is 0 Å². The van der Waals surface area contributed by atoms with Crippen molar-refractivity contribution in [3.8, 4) is 0 Å². The maximum absolute atomic E-state index is 13.8. The molecule has 1 aliphatic rings. The van der Waals surface area contributed by atoms with Crippen LogP contribution in [0, 0.1) is 17.6 Å². The largest absolute Gasteiger partial charge is 0.324 e. The molecule has 1 fully saturated rings. The summed E-state index contributed by atoms with van der Waals surface area (Å²) in [5, 5.41) is 0. The molecule has 4 heteroatoms. The fourth-order valence-corrected chi connectivity index (χ4v) is 3.00. The van der Waals surface area contributed by atoms with Crippen molar-refractivity contribution in [2.24, 2.45) is 11.7 Å². The molecule has 0 aliphatic heterocycles. The molecule has 2 N–H and O–H groups in total. The lowest BCUT2D eigenvalue weighted by Gasteiger charge is -2.28. The summed E-state index contributed by atoms with van der Waals surface area (Å²) < 4.78 is 27.9. The second kappa shape index (κ2) is 5.44. The first kappa shape index (κ1) is 13.0. The number of hydrogen-bond donors (Lipinski definition) is 1. The smallest absolute Gasteiger partial charge is 0.132 e. The summed E-state index contributed by atoms with van der Waals surface area (Å²) in [6.45, 7) is 0. The Hall–Kier alpha value is -0.480. The first-order valence-corrected chi connectivity index (χ1v) is 6.79. The van der Waals surface area contributed by atoms with E-state index in [1.807, 2.05) is 0 Å². The second-order valence-electron chi connectivity index (χ2n) is 4.71. The topological polar surface area (TPSA) is 26.0 Å². The molecule has 0 aromatic heterocycles. The molecule has 1 atom stereocenters. The Bertz CT molecular complexity index is 379. The predicted molar refractivity (Wildman–Crippen MR) is 67.6 cm³/mol. The zero-order valence-electron chi connectivity index (χ0n) is 9.56. The lowest BCUT2D eigenvalue weighted by molar-refractivity contribution is 0.298. The molecule has 0 unspecified atom stereocenters. The molecule has 17 heavy (non-hydrogen) atoms. The van der Waals surface area contributed by atoms with Crippen molar-refractivity contribution < 1.29 is 8.78 Å². The van der Waals surface area contributed by atoms with Gasteiger partial charge in [0, 0.05) is 16.1 Å². The van der Waals surface area contributed by atoms with Crippen molar-refractivity contribution >= 4 is 15.9 Å². The van der Waals surface area contributed by atoms with Crippen molar-refractivity contribution in [3.63, 3.8) is 0 Å². The molecule has 0 spiro atoms. The van der Waals surface area contributed by atoms with Crippen LogP contribution in [0.25, 0.3) is 0 Å². The van der Waals surface area contributed by atoms with Gasteiger partial charge in [0.15, 0.2) is 0 Å². The maximum atomic E-state index is 13.8. The van der Waals surface area contributed by atoms with Gasteiger partial charge in [-0.2, -0.15) is 0 Å². The average molecular weight is 304 g/mol. The number of halogens is 3. The highest BCUT2D eigenvalue weighted by Crippen LogP contribution is 2.35. The first-order chi connectivity index (χ1) is 8.09. The summed E-state index contributed by atoms with van der Waals surface area (Å²) in [5.74, 6) is -0.890. The Labute approximate surface area is 109 Å². The number of rotatable bonds is 2. The minimum absolute atomic E-state index is 0.0418. The third-order valence-electron chi connectivity index (χ3n) is 3.53. The Morgan fingerprint density at radius 1 is 1.12 bits per heavy atom. The summed E-state index contributed by atoms with van der Waals surface area (Å²) in [5.41, 5.74) is 6.07. The van der Waals surface area contributed by atoms with E-state index >= 15 is 0 Å². The van der Waals surface area contributed by atoms with Crippen molar-refractivity contribution in [2.45, 2.75) is 38.1 Å². The van der Waals surface area contributed by atoms with E-state index < -0.39 is 17.7 Å². The summed E-state index contributed by atoms with van der Waals surface area (Å²) in [6, 6.07) is 2.03. The minimum Gasteiger partial charge on any atom is -0.324 e. The van der Waals surface area contributed by atoms with Gasteiger partial charge in [0.05, 0.1) is 0 Å². The third kappa shape index (κ3) is 2.86. The van der Waals surface area contributed by atoms with Crippen LogP contribution in [0.2, 0.25) is 0 Å². The van der Waals surface area contributed by atoms with Crippen LogP contribution < -0.4 is 5.73 Å². The molecule has 2 rings (SSSR count). The first-order valence-electron chi connectivity index (χ1n) is 5.99. The molecule has 0 saturated heterocycles. The number of nitrogens with two attached hydrogens (primary N) is 1. The van der Waals surface area contributed by atoms with Gasteiger partial charge in [0.1, 0.15) is 11.6 Å². The normalized spacial score (nSPS) is 19.3. The van der Waals surface area contributed by atoms with Gasteiger partial charge in [-0.15, -0.1) is 0 Å². The Balaban J connectivity index is 2.26. The van der Waals surface area contributed by atoms with E-state index in [9.17, 15) is 8.78 Å². The van der Waals surface area contributed by atoms with Gasteiger partial charge in [0.2, 0.25) is 0 Å². The van der Waals surface area contributed by atoms with Gasteiger partial charge in [-0.25, -0.2) is 8.78 Å². The van der Waals surface area contributed by atoms with Crippen molar-refractivity contribution in [1.29, 1.82) is 0 Å². The highest BCUT2D eigenvalue weighted by atomic mass is 79.9. The number of hydrogen-bond acceptors (Lipinski definition) is 1. The zero-order valence-corrected chi connectivity index (χ0v) is 11.1. The molecule has 0 bridgehead atoms. The highest BCUT2D eigenvalue weighted by molar-refractivity contribution is 9.10. The van der Waals surface area contributed by atoms with E-state index in [1.165, 1.54) is 18.6 Å². The molecule has 0 heterocycles. The second-order valence-corrected chi connectivity index (χ2v) is 5.62. The van der Waals surface area contributed by atoms with Crippen LogP contribution in [-0.4, -0.2) is 0 Å². The quantitative estimate of drug-likeness (QED) is 0.866. The van der Waals surface area contributed by atoms with E-state index in [4.69, 9.17) is 5.73 Å². The van der Waals surface area contributed by atoms with Crippen LogP contribution in [0.15, 0.2) is 16.6 Å². The molecule has 1 aliphatic carbocycles. The van der Waals surface area contributed by atoms with Crippen LogP contribution in [0.1, 0.15) is 43.7 Å². The fraction of sp³-hybridized carbons (Fsp3) is 0.538. The average Bonchev–Trinajstić information content (AvgIpc) is 2.28. The minimum atomic E-state index is -0.546. The monoisotopic (exact) mass is 303 g/mol. The molecule has 1 aromatic carbocycles. The number of benzene rings is 1. The Morgan fingerprint density at radius 2 is 1.65 bits per heavy atom. The lowest BCUT2D eigenvalue weighted by Crippen LogP contribution is -2.25. The van der Waals surface area contributed by atoms with E-state index in [2.05, 4.69) is 15.9 Å². The molecule has 1 nitrogen and oxygen atoms in total. The van der Waals surface area contributed by atoms with E-state index in [0.717, 1.165) is 25.7 Å². The van der Waals surface area contributed by atoms with Gasteiger partial charge in [-0.3, -0.25) is 0 Å².